The normalized spacial score (nSPS) is 10.7. The minimum Gasteiger partial charge on any atom is -0.275 e. The Hall–Kier alpha value is -1.10. The van der Waals surface area contributed by atoms with E-state index in [9.17, 15) is 18.0 Å². The molecule has 0 radical (unpaired) electrons. The summed E-state index contributed by atoms with van der Waals surface area (Å²) in [5, 5.41) is -1.05. The maximum absolute atomic E-state index is 13.0. The van der Waals surface area contributed by atoms with Gasteiger partial charge in [0.15, 0.2) is 0 Å². The number of nitrogens with zero attached hydrogens (tertiary/aromatic N) is 1. The highest BCUT2D eigenvalue weighted by Crippen LogP contribution is 2.21. The number of halogens is 4. The van der Waals surface area contributed by atoms with Crippen LogP contribution >= 0.6 is 11.6 Å². The maximum atomic E-state index is 13.0. The molecule has 1 heterocycles. The molecule has 0 aliphatic heterocycles. The van der Waals surface area contributed by atoms with Gasteiger partial charge in [0, 0.05) is 0 Å². The standard InChI is InChI=1S/C8H5ClF3NO/c1-3-2-4(7(10)11)13-8(12)5(3)6(9)14/h2,7H,1H3. The fourth-order valence-electron chi connectivity index (χ4n) is 1.01. The number of alkyl halides is 2. The van der Waals surface area contributed by atoms with Crippen molar-refractivity contribution in [2.24, 2.45) is 0 Å². The highest BCUT2D eigenvalue weighted by atomic mass is 35.5. The van der Waals surface area contributed by atoms with E-state index in [1.165, 1.54) is 6.92 Å². The van der Waals surface area contributed by atoms with E-state index >= 15 is 0 Å². The summed E-state index contributed by atoms with van der Waals surface area (Å²) < 4.78 is 37.2. The van der Waals surface area contributed by atoms with Gasteiger partial charge < -0.3 is 0 Å². The van der Waals surface area contributed by atoms with Crippen LogP contribution in [0.4, 0.5) is 13.2 Å². The molecule has 14 heavy (non-hydrogen) atoms. The first-order valence-corrected chi connectivity index (χ1v) is 3.96. The minimum absolute atomic E-state index is 0.0489. The van der Waals surface area contributed by atoms with Crippen molar-refractivity contribution < 1.29 is 18.0 Å². The van der Waals surface area contributed by atoms with Crippen LogP contribution in [-0.4, -0.2) is 10.2 Å². The molecule has 0 fully saturated rings. The molecular weight excluding hydrogens is 219 g/mol. The number of hydrogen-bond donors (Lipinski definition) is 0. The molecule has 0 amide bonds. The van der Waals surface area contributed by atoms with Crippen molar-refractivity contribution in [3.8, 4) is 0 Å². The number of hydrogen-bond acceptors (Lipinski definition) is 2. The summed E-state index contributed by atoms with van der Waals surface area (Å²) in [6.45, 7) is 1.31. The number of carbonyl (C=O) groups is 1. The summed E-state index contributed by atoms with van der Waals surface area (Å²) in [4.78, 5) is 13.6. The Morgan fingerprint density at radius 3 is 2.50 bits per heavy atom. The second kappa shape index (κ2) is 3.96. The van der Waals surface area contributed by atoms with E-state index in [1.54, 1.807) is 0 Å². The molecule has 0 unspecified atom stereocenters. The van der Waals surface area contributed by atoms with Crippen molar-refractivity contribution in [1.82, 2.24) is 4.98 Å². The van der Waals surface area contributed by atoms with Gasteiger partial charge in [0.25, 0.3) is 11.7 Å². The smallest absolute Gasteiger partial charge is 0.275 e. The van der Waals surface area contributed by atoms with Crippen molar-refractivity contribution in [3.05, 3.63) is 28.8 Å². The molecule has 1 rings (SSSR count). The fourth-order valence-corrected chi connectivity index (χ4v) is 1.23. The van der Waals surface area contributed by atoms with Gasteiger partial charge in [-0.15, -0.1) is 0 Å². The van der Waals surface area contributed by atoms with Gasteiger partial charge in [-0.1, -0.05) is 0 Å². The highest BCUT2D eigenvalue weighted by Gasteiger charge is 2.18. The predicted octanol–water partition coefficient (Wildman–Crippen LogP) is 2.85. The van der Waals surface area contributed by atoms with E-state index in [0.717, 1.165) is 6.07 Å². The molecule has 0 saturated carbocycles. The van der Waals surface area contributed by atoms with Crippen molar-refractivity contribution in [3.63, 3.8) is 0 Å². The van der Waals surface area contributed by atoms with Crippen LogP contribution in [0, 0.1) is 12.9 Å². The van der Waals surface area contributed by atoms with Crippen LogP contribution in [0.1, 0.15) is 28.0 Å². The molecule has 0 spiro atoms. The van der Waals surface area contributed by atoms with Gasteiger partial charge in [-0.2, -0.15) is 4.39 Å². The van der Waals surface area contributed by atoms with Crippen LogP contribution in [0.25, 0.3) is 0 Å². The fraction of sp³-hybridized carbons (Fsp3) is 0.250. The highest BCUT2D eigenvalue weighted by molar-refractivity contribution is 6.67. The topological polar surface area (TPSA) is 30.0 Å². The van der Waals surface area contributed by atoms with E-state index in [-0.39, 0.29) is 5.56 Å². The Kier molecular flexibility index (Phi) is 3.10. The molecule has 6 heteroatoms. The summed E-state index contributed by atoms with van der Waals surface area (Å²) in [7, 11) is 0. The van der Waals surface area contributed by atoms with E-state index < -0.39 is 28.9 Å². The largest absolute Gasteiger partial charge is 0.280 e. The number of aryl methyl sites for hydroxylation is 1. The second-order valence-corrected chi connectivity index (χ2v) is 2.95. The van der Waals surface area contributed by atoms with Crippen molar-refractivity contribution in [2.45, 2.75) is 13.3 Å². The molecule has 0 atom stereocenters. The maximum Gasteiger partial charge on any atom is 0.280 e. The molecule has 2 nitrogen and oxygen atoms in total. The number of pyridine rings is 1. The van der Waals surface area contributed by atoms with Crippen molar-refractivity contribution in [2.75, 3.05) is 0 Å². The summed E-state index contributed by atoms with van der Waals surface area (Å²) in [5.41, 5.74) is -1.12. The van der Waals surface area contributed by atoms with Crippen molar-refractivity contribution in [1.29, 1.82) is 0 Å². The average Bonchev–Trinajstić information content (AvgIpc) is 2.01. The quantitative estimate of drug-likeness (QED) is 0.570. The molecule has 0 N–H and O–H groups in total. The Labute approximate surface area is 82.7 Å². The minimum atomic E-state index is -2.87. The lowest BCUT2D eigenvalue weighted by Gasteiger charge is -2.04. The average molecular weight is 224 g/mol. The first-order chi connectivity index (χ1) is 6.43. The zero-order chi connectivity index (χ0) is 10.9. The van der Waals surface area contributed by atoms with E-state index in [4.69, 9.17) is 11.6 Å². The van der Waals surface area contributed by atoms with Gasteiger partial charge >= 0.3 is 0 Å². The summed E-state index contributed by atoms with van der Waals surface area (Å²) in [5.74, 6) is -1.26. The van der Waals surface area contributed by atoms with Crippen LogP contribution < -0.4 is 0 Å². The molecule has 1 aromatic heterocycles. The Morgan fingerprint density at radius 2 is 2.14 bits per heavy atom. The first kappa shape index (κ1) is 11.0. The van der Waals surface area contributed by atoms with Crippen molar-refractivity contribution >= 4 is 16.8 Å². The molecule has 0 aliphatic carbocycles. The molecule has 1 aromatic rings. The number of aromatic nitrogens is 1. The Balaban J connectivity index is 3.32. The summed E-state index contributed by atoms with van der Waals surface area (Å²) >= 11 is 5.04. The SMILES string of the molecule is Cc1cc(C(F)F)nc(F)c1C(=O)Cl. The lowest BCUT2D eigenvalue weighted by atomic mass is 10.1. The van der Waals surface area contributed by atoms with Gasteiger partial charge in [0.05, 0.1) is 5.56 Å². The van der Waals surface area contributed by atoms with Gasteiger partial charge in [0.1, 0.15) is 5.69 Å². The van der Waals surface area contributed by atoms with Gasteiger partial charge in [-0.3, -0.25) is 4.79 Å². The van der Waals surface area contributed by atoms with Crippen LogP contribution in [0.3, 0.4) is 0 Å². The van der Waals surface area contributed by atoms with Crippen LogP contribution in [-0.2, 0) is 0 Å². The monoisotopic (exact) mass is 223 g/mol. The molecular formula is C8H5ClF3NO. The van der Waals surface area contributed by atoms with Gasteiger partial charge in [0.2, 0.25) is 5.95 Å². The lowest BCUT2D eigenvalue weighted by molar-refractivity contribution is 0.107. The van der Waals surface area contributed by atoms with Crippen LogP contribution in [0.5, 0.6) is 0 Å². The number of carbonyl (C=O) groups excluding carboxylic acids is 1. The summed E-state index contributed by atoms with van der Waals surface area (Å²) in [6, 6.07) is 0.934. The third kappa shape index (κ3) is 2.04. The third-order valence-electron chi connectivity index (χ3n) is 1.61. The van der Waals surface area contributed by atoms with E-state index in [2.05, 4.69) is 4.98 Å². The second-order valence-electron chi connectivity index (χ2n) is 2.60. The van der Waals surface area contributed by atoms with Gasteiger partial charge in [-0.05, 0) is 30.2 Å². The molecule has 76 valence electrons. The zero-order valence-corrected chi connectivity index (χ0v) is 7.78. The Morgan fingerprint density at radius 1 is 1.57 bits per heavy atom. The molecule has 0 saturated heterocycles. The van der Waals surface area contributed by atoms with Gasteiger partial charge in [-0.25, -0.2) is 13.8 Å². The molecule has 0 aliphatic rings. The predicted molar refractivity (Wildman–Crippen MR) is 44.1 cm³/mol. The Bertz CT molecular complexity index is 358. The lowest BCUT2D eigenvalue weighted by Crippen LogP contribution is -2.04. The molecule has 0 aromatic carbocycles. The van der Waals surface area contributed by atoms with Crippen LogP contribution in [0.15, 0.2) is 6.07 Å². The van der Waals surface area contributed by atoms with Crippen LogP contribution in [0.2, 0.25) is 0 Å². The zero-order valence-electron chi connectivity index (χ0n) is 7.02. The third-order valence-corrected chi connectivity index (χ3v) is 1.80. The van der Waals surface area contributed by atoms with E-state index in [0.29, 0.717) is 0 Å². The molecule has 0 bridgehead atoms. The number of rotatable bonds is 2. The summed E-state index contributed by atoms with van der Waals surface area (Å²) in [6.07, 6.45) is -2.87. The van der Waals surface area contributed by atoms with E-state index in [1.807, 2.05) is 0 Å². The first-order valence-electron chi connectivity index (χ1n) is 3.58.